The number of carbonyl (C=O) groups is 2. The molecule has 0 aliphatic rings. The number of amides is 2. The Kier molecular flexibility index (Phi) is 8.87. The van der Waals surface area contributed by atoms with Crippen molar-refractivity contribution in [3.05, 3.63) is 92.1 Å². The number of rotatable bonds is 5. The van der Waals surface area contributed by atoms with Crippen LogP contribution in [0.3, 0.4) is 0 Å². The molecule has 0 unspecified atom stereocenters. The maximum atomic E-state index is 14.5. The second-order valence-corrected chi connectivity index (χ2v) is 9.69. The van der Waals surface area contributed by atoms with Crippen molar-refractivity contribution in [2.24, 2.45) is 0 Å². The molecule has 17 heteroatoms. The molecule has 0 aliphatic carbocycles. The molecule has 3 aromatic carbocycles. The first-order valence-electron chi connectivity index (χ1n) is 11.0. The number of benzene rings is 3. The third-order valence-electron chi connectivity index (χ3n) is 5.78. The van der Waals surface area contributed by atoms with E-state index in [0.29, 0.717) is 11.0 Å². The Morgan fingerprint density at radius 2 is 1.29 bits per heavy atom. The van der Waals surface area contributed by atoms with Crippen LogP contribution in [0.2, 0.25) is 0 Å². The summed E-state index contributed by atoms with van der Waals surface area (Å²) in [5.74, 6) is -4.11. The fourth-order valence-electron chi connectivity index (χ4n) is 3.64. The van der Waals surface area contributed by atoms with Crippen molar-refractivity contribution in [3.63, 3.8) is 0 Å². The molecule has 2 amide bonds. The first kappa shape index (κ1) is 33.0. The first-order chi connectivity index (χ1) is 19.1. The highest BCUT2D eigenvalue weighted by Gasteiger charge is 2.73. The van der Waals surface area contributed by atoms with Gasteiger partial charge in [0.2, 0.25) is 0 Å². The van der Waals surface area contributed by atoms with E-state index in [4.69, 9.17) is 0 Å². The summed E-state index contributed by atoms with van der Waals surface area (Å²) in [6.07, 6.45) is -19.1. The van der Waals surface area contributed by atoms with Crippen LogP contribution < -0.4 is 10.2 Å². The Balaban J connectivity index is 2.06. The van der Waals surface area contributed by atoms with Crippen LogP contribution in [0, 0.1) is 15.2 Å². The molecule has 0 saturated heterocycles. The molecule has 0 fully saturated rings. The molecule has 0 aliphatic heterocycles. The molecular formula is C25H13F12IN2O2. The second-order valence-electron chi connectivity index (χ2n) is 8.52. The Morgan fingerprint density at radius 1 is 0.762 bits per heavy atom. The topological polar surface area (TPSA) is 49.4 Å². The van der Waals surface area contributed by atoms with Gasteiger partial charge in [-0.25, -0.2) is 13.2 Å². The predicted octanol–water partition coefficient (Wildman–Crippen LogP) is 8.41. The number of nitrogens with zero attached hydrogens (tertiary/aromatic N) is 1. The maximum Gasteiger partial charge on any atom is 0.435 e. The number of hydrogen-bond donors (Lipinski definition) is 1. The van der Waals surface area contributed by atoms with Crippen molar-refractivity contribution in [1.29, 1.82) is 0 Å². The fraction of sp³-hybridized carbons (Fsp3) is 0.200. The summed E-state index contributed by atoms with van der Waals surface area (Å²) in [4.78, 5) is 26.2. The Morgan fingerprint density at radius 3 is 1.79 bits per heavy atom. The molecule has 3 rings (SSSR count). The zero-order chi connectivity index (χ0) is 32.0. The van der Waals surface area contributed by atoms with Crippen LogP contribution in [0.1, 0.15) is 31.8 Å². The smallest absolute Gasteiger partial charge is 0.320 e. The molecule has 0 spiro atoms. The number of anilines is 2. The highest BCUT2D eigenvalue weighted by atomic mass is 127. The third kappa shape index (κ3) is 6.29. The Bertz CT molecular complexity index is 1500. The minimum atomic E-state index is -6.70. The van der Waals surface area contributed by atoms with Gasteiger partial charge < -0.3 is 10.2 Å². The molecule has 0 heterocycles. The van der Waals surface area contributed by atoms with Crippen LogP contribution in [-0.4, -0.2) is 31.2 Å². The highest BCUT2D eigenvalue weighted by Crippen LogP contribution is 2.54. The molecule has 226 valence electrons. The molecule has 0 aromatic heterocycles. The summed E-state index contributed by atoms with van der Waals surface area (Å²) in [5.41, 5.74) is -13.4. The van der Waals surface area contributed by atoms with E-state index in [2.05, 4.69) is 0 Å². The molecule has 3 aromatic rings. The zero-order valence-corrected chi connectivity index (χ0v) is 22.5. The van der Waals surface area contributed by atoms with E-state index in [1.165, 1.54) is 0 Å². The van der Waals surface area contributed by atoms with E-state index in [9.17, 15) is 62.3 Å². The quantitative estimate of drug-likeness (QED) is 0.212. The Labute approximate surface area is 241 Å². The minimum absolute atomic E-state index is 0.112. The van der Waals surface area contributed by atoms with Crippen molar-refractivity contribution in [2.75, 3.05) is 17.3 Å². The molecule has 0 saturated carbocycles. The molecule has 0 bridgehead atoms. The van der Waals surface area contributed by atoms with Gasteiger partial charge in [-0.15, -0.1) is 0 Å². The van der Waals surface area contributed by atoms with Crippen LogP contribution in [-0.2, 0) is 11.8 Å². The summed E-state index contributed by atoms with van der Waals surface area (Å²) in [6.45, 7) is 0. The standard InChI is InChI=1S/C25H13F12IN2O2/c1-40(21(42)11-2-5-14(26)6-3-11)18-8-12(4-7-16(18)27)20(41)39-19-15(23(29,30)31)9-13(10-17(19)38)22(28,24(32,33)34)25(35,36)37/h2-10H,1H3,(H,39,41). The number of hydrogen-bond acceptors (Lipinski definition) is 2. The van der Waals surface area contributed by atoms with Gasteiger partial charge in [0.15, 0.2) is 0 Å². The maximum absolute atomic E-state index is 14.5. The van der Waals surface area contributed by atoms with Gasteiger partial charge in [-0.05, 0) is 77.2 Å². The number of carbonyl (C=O) groups excluding carboxylic acids is 2. The lowest BCUT2D eigenvalue weighted by Gasteiger charge is -2.31. The summed E-state index contributed by atoms with van der Waals surface area (Å²) < 4.78 is 162. The fourth-order valence-corrected chi connectivity index (χ4v) is 4.40. The van der Waals surface area contributed by atoms with E-state index >= 15 is 0 Å². The van der Waals surface area contributed by atoms with Crippen LogP contribution in [0.25, 0.3) is 0 Å². The van der Waals surface area contributed by atoms with Gasteiger partial charge >= 0.3 is 24.2 Å². The van der Waals surface area contributed by atoms with E-state index in [-0.39, 0.29) is 11.6 Å². The average molecular weight is 728 g/mol. The average Bonchev–Trinajstić information content (AvgIpc) is 2.87. The number of alkyl halides is 10. The van der Waals surface area contributed by atoms with Gasteiger partial charge in [0.05, 0.1) is 16.9 Å². The lowest BCUT2D eigenvalue weighted by Crippen LogP contribution is -2.50. The second kappa shape index (κ2) is 11.3. The van der Waals surface area contributed by atoms with E-state index < -0.39 is 85.3 Å². The van der Waals surface area contributed by atoms with Crippen LogP contribution in [0.5, 0.6) is 0 Å². The van der Waals surface area contributed by atoms with Crippen molar-refractivity contribution in [2.45, 2.75) is 24.2 Å². The predicted molar refractivity (Wildman–Crippen MR) is 133 cm³/mol. The monoisotopic (exact) mass is 728 g/mol. The summed E-state index contributed by atoms with van der Waals surface area (Å²) in [6, 6.07) is 5.27. The summed E-state index contributed by atoms with van der Waals surface area (Å²) in [7, 11) is 1.06. The summed E-state index contributed by atoms with van der Waals surface area (Å²) in [5, 5.41) is 1.69. The first-order valence-corrected chi connectivity index (χ1v) is 12.1. The largest absolute Gasteiger partial charge is 0.435 e. The molecule has 1 N–H and O–H groups in total. The van der Waals surface area contributed by atoms with Gasteiger partial charge in [0, 0.05) is 27.3 Å². The van der Waals surface area contributed by atoms with Crippen molar-refractivity contribution in [3.8, 4) is 0 Å². The normalized spacial score (nSPS) is 12.7. The van der Waals surface area contributed by atoms with Crippen molar-refractivity contribution in [1.82, 2.24) is 0 Å². The number of nitrogens with one attached hydrogen (secondary N) is 1. The van der Waals surface area contributed by atoms with Gasteiger partial charge in [0.1, 0.15) is 11.6 Å². The Hall–Kier alpha value is -3.51. The van der Waals surface area contributed by atoms with Gasteiger partial charge in [-0.3, -0.25) is 9.59 Å². The number of halogens is 13. The van der Waals surface area contributed by atoms with Crippen LogP contribution >= 0.6 is 22.6 Å². The lowest BCUT2D eigenvalue weighted by atomic mass is 9.92. The molecule has 4 nitrogen and oxygen atoms in total. The van der Waals surface area contributed by atoms with E-state index in [1.54, 1.807) is 5.32 Å². The van der Waals surface area contributed by atoms with Crippen molar-refractivity contribution < 1.29 is 62.3 Å². The van der Waals surface area contributed by atoms with E-state index in [1.807, 2.05) is 0 Å². The van der Waals surface area contributed by atoms with Gasteiger partial charge in [0.25, 0.3) is 11.8 Å². The SMILES string of the molecule is CN(C(=O)c1ccc(F)cc1)c1cc(C(=O)Nc2c(I)cc(C(F)(C(F)(F)F)C(F)(F)F)cc2C(F)(F)F)ccc1F. The zero-order valence-electron chi connectivity index (χ0n) is 20.4. The van der Waals surface area contributed by atoms with E-state index in [0.717, 1.165) is 66.0 Å². The molecule has 0 radical (unpaired) electrons. The summed E-state index contributed by atoms with van der Waals surface area (Å²) >= 11 is 0.885. The molecule has 0 atom stereocenters. The van der Waals surface area contributed by atoms with Crippen molar-refractivity contribution >= 4 is 45.8 Å². The molecular weight excluding hydrogens is 715 g/mol. The molecule has 42 heavy (non-hydrogen) atoms. The van der Waals surface area contributed by atoms with Gasteiger partial charge in [-0.1, -0.05) is 0 Å². The highest BCUT2D eigenvalue weighted by molar-refractivity contribution is 14.1. The van der Waals surface area contributed by atoms with Crippen LogP contribution in [0.4, 0.5) is 64.1 Å². The third-order valence-corrected chi connectivity index (χ3v) is 6.63. The van der Waals surface area contributed by atoms with Crippen LogP contribution in [0.15, 0.2) is 54.6 Å². The van der Waals surface area contributed by atoms with Gasteiger partial charge in [-0.2, -0.15) is 39.5 Å². The lowest BCUT2D eigenvalue weighted by molar-refractivity contribution is -0.348. The minimum Gasteiger partial charge on any atom is -0.320 e.